The third kappa shape index (κ3) is 2.39. The number of hydrogen-bond donors (Lipinski definition) is 1. The van der Waals surface area contributed by atoms with Crippen LogP contribution in [0.4, 0.5) is 0 Å². The Morgan fingerprint density at radius 3 is 2.47 bits per heavy atom. The number of aryl methyl sites for hydroxylation is 1. The topological polar surface area (TPSA) is 38.1 Å². The molecule has 0 aliphatic carbocycles. The van der Waals surface area contributed by atoms with E-state index in [-0.39, 0.29) is 6.04 Å². The van der Waals surface area contributed by atoms with E-state index in [0.29, 0.717) is 5.92 Å². The van der Waals surface area contributed by atoms with Crippen LogP contribution in [0.15, 0.2) is 41.3 Å². The number of aromatic nitrogens is 1. The molecule has 2 rings (SSSR count). The Morgan fingerprint density at radius 2 is 1.94 bits per heavy atom. The normalized spacial score (nSPS) is 14.5. The Kier molecular flexibility index (Phi) is 3.59. The lowest BCUT2D eigenvalue weighted by molar-refractivity contribution is 0.392. The number of nitrogens with one attached hydrogen (secondary N) is 1. The highest BCUT2D eigenvalue weighted by atomic mass is 16.3. The SMILES string of the molecule is CNC(c1occc1C)C(C)c1ccncc1. The first-order chi connectivity index (χ1) is 8.24. The van der Waals surface area contributed by atoms with E-state index in [9.17, 15) is 0 Å². The van der Waals surface area contributed by atoms with Crippen LogP contribution in [0.3, 0.4) is 0 Å². The second-order valence-corrected chi connectivity index (χ2v) is 4.30. The predicted molar refractivity (Wildman–Crippen MR) is 67.9 cm³/mol. The van der Waals surface area contributed by atoms with Gasteiger partial charge >= 0.3 is 0 Å². The summed E-state index contributed by atoms with van der Waals surface area (Å²) in [5.41, 5.74) is 2.44. The Morgan fingerprint density at radius 1 is 1.24 bits per heavy atom. The maximum absolute atomic E-state index is 5.58. The molecule has 2 unspecified atom stereocenters. The van der Waals surface area contributed by atoms with E-state index >= 15 is 0 Å². The predicted octanol–water partition coefficient (Wildman–Crippen LogP) is 3.05. The molecule has 1 N–H and O–H groups in total. The van der Waals surface area contributed by atoms with E-state index in [4.69, 9.17) is 4.42 Å². The van der Waals surface area contributed by atoms with Gasteiger partial charge in [0.15, 0.2) is 0 Å². The molecule has 2 heterocycles. The first kappa shape index (κ1) is 11.9. The molecule has 0 aliphatic heterocycles. The first-order valence-corrected chi connectivity index (χ1v) is 5.85. The van der Waals surface area contributed by atoms with Gasteiger partial charge < -0.3 is 9.73 Å². The van der Waals surface area contributed by atoms with Crippen LogP contribution in [0.5, 0.6) is 0 Å². The van der Waals surface area contributed by atoms with Crippen LogP contribution in [-0.2, 0) is 0 Å². The third-order valence-electron chi connectivity index (χ3n) is 3.23. The number of pyridine rings is 1. The Hall–Kier alpha value is -1.61. The molecule has 17 heavy (non-hydrogen) atoms. The molecule has 0 aliphatic rings. The first-order valence-electron chi connectivity index (χ1n) is 5.85. The van der Waals surface area contributed by atoms with E-state index < -0.39 is 0 Å². The molecule has 0 aromatic carbocycles. The fourth-order valence-corrected chi connectivity index (χ4v) is 2.17. The van der Waals surface area contributed by atoms with Gasteiger partial charge in [-0.05, 0) is 43.3 Å². The fraction of sp³-hybridized carbons (Fsp3) is 0.357. The molecule has 0 saturated carbocycles. The molecular formula is C14H18N2O. The smallest absolute Gasteiger partial charge is 0.124 e. The number of furan rings is 1. The van der Waals surface area contributed by atoms with Gasteiger partial charge in [0.2, 0.25) is 0 Å². The number of hydrogen-bond acceptors (Lipinski definition) is 3. The van der Waals surface area contributed by atoms with Gasteiger partial charge in [-0.15, -0.1) is 0 Å². The monoisotopic (exact) mass is 230 g/mol. The molecule has 2 aromatic heterocycles. The van der Waals surface area contributed by atoms with Crippen molar-refractivity contribution in [2.45, 2.75) is 25.8 Å². The van der Waals surface area contributed by atoms with Gasteiger partial charge in [-0.2, -0.15) is 0 Å². The standard InChI is InChI=1S/C14H18N2O/c1-10-6-9-17-14(10)13(15-3)11(2)12-4-7-16-8-5-12/h4-9,11,13,15H,1-3H3. The summed E-state index contributed by atoms with van der Waals surface area (Å²) in [6, 6.07) is 6.28. The zero-order valence-electron chi connectivity index (χ0n) is 10.5. The Bertz CT molecular complexity index is 464. The summed E-state index contributed by atoms with van der Waals surface area (Å²) >= 11 is 0. The van der Waals surface area contributed by atoms with E-state index in [1.54, 1.807) is 6.26 Å². The van der Waals surface area contributed by atoms with E-state index in [2.05, 4.69) is 24.1 Å². The number of nitrogens with zero attached hydrogens (tertiary/aromatic N) is 1. The highest BCUT2D eigenvalue weighted by molar-refractivity contribution is 5.25. The van der Waals surface area contributed by atoms with Crippen LogP contribution in [0.2, 0.25) is 0 Å². The number of rotatable bonds is 4. The molecule has 3 heteroatoms. The zero-order valence-corrected chi connectivity index (χ0v) is 10.5. The van der Waals surface area contributed by atoms with Gasteiger partial charge in [0.1, 0.15) is 5.76 Å². The zero-order chi connectivity index (χ0) is 12.3. The summed E-state index contributed by atoms with van der Waals surface area (Å²) < 4.78 is 5.58. The quantitative estimate of drug-likeness (QED) is 0.877. The van der Waals surface area contributed by atoms with Gasteiger partial charge in [0.05, 0.1) is 12.3 Å². The van der Waals surface area contributed by atoms with Gasteiger partial charge in [-0.1, -0.05) is 6.92 Å². The number of likely N-dealkylation sites (N-methyl/N-ethyl adjacent to an activating group) is 1. The lowest BCUT2D eigenvalue weighted by atomic mass is 9.91. The average Bonchev–Trinajstić information content (AvgIpc) is 2.78. The van der Waals surface area contributed by atoms with Crippen molar-refractivity contribution in [3.05, 3.63) is 53.7 Å². The highest BCUT2D eigenvalue weighted by Crippen LogP contribution is 2.32. The van der Waals surface area contributed by atoms with Crippen LogP contribution in [0.1, 0.15) is 35.8 Å². The fourth-order valence-electron chi connectivity index (χ4n) is 2.17. The highest BCUT2D eigenvalue weighted by Gasteiger charge is 2.23. The Labute approximate surface area is 102 Å². The van der Waals surface area contributed by atoms with Crippen molar-refractivity contribution in [1.29, 1.82) is 0 Å². The maximum atomic E-state index is 5.58. The second kappa shape index (κ2) is 5.15. The van der Waals surface area contributed by atoms with Crippen molar-refractivity contribution in [3.63, 3.8) is 0 Å². The van der Waals surface area contributed by atoms with E-state index in [0.717, 1.165) is 5.76 Å². The van der Waals surface area contributed by atoms with Crippen molar-refractivity contribution in [3.8, 4) is 0 Å². The lowest BCUT2D eigenvalue weighted by Gasteiger charge is -2.22. The van der Waals surface area contributed by atoms with E-state index in [1.165, 1.54) is 11.1 Å². The van der Waals surface area contributed by atoms with Crippen molar-refractivity contribution in [2.75, 3.05) is 7.05 Å². The molecule has 2 atom stereocenters. The van der Waals surface area contributed by atoms with Gasteiger partial charge in [-0.25, -0.2) is 0 Å². The average molecular weight is 230 g/mol. The van der Waals surface area contributed by atoms with Gasteiger partial charge in [-0.3, -0.25) is 4.98 Å². The molecule has 0 bridgehead atoms. The molecule has 0 radical (unpaired) electrons. The molecule has 3 nitrogen and oxygen atoms in total. The van der Waals surface area contributed by atoms with Gasteiger partial charge in [0.25, 0.3) is 0 Å². The summed E-state index contributed by atoms with van der Waals surface area (Å²) in [4.78, 5) is 4.05. The summed E-state index contributed by atoms with van der Waals surface area (Å²) in [6.07, 6.45) is 5.40. The third-order valence-corrected chi connectivity index (χ3v) is 3.23. The largest absolute Gasteiger partial charge is 0.467 e. The summed E-state index contributed by atoms with van der Waals surface area (Å²) in [5, 5.41) is 3.33. The summed E-state index contributed by atoms with van der Waals surface area (Å²) in [7, 11) is 1.96. The molecule has 2 aromatic rings. The lowest BCUT2D eigenvalue weighted by Crippen LogP contribution is -2.22. The minimum Gasteiger partial charge on any atom is -0.467 e. The molecule has 90 valence electrons. The molecular weight excluding hydrogens is 212 g/mol. The van der Waals surface area contributed by atoms with E-state index in [1.807, 2.05) is 37.6 Å². The summed E-state index contributed by atoms with van der Waals surface area (Å²) in [5.74, 6) is 1.35. The summed E-state index contributed by atoms with van der Waals surface area (Å²) in [6.45, 7) is 4.26. The van der Waals surface area contributed by atoms with Crippen LogP contribution in [0, 0.1) is 6.92 Å². The van der Waals surface area contributed by atoms with Crippen LogP contribution >= 0.6 is 0 Å². The minimum atomic E-state index is 0.187. The van der Waals surface area contributed by atoms with Crippen LogP contribution in [-0.4, -0.2) is 12.0 Å². The van der Waals surface area contributed by atoms with Crippen LogP contribution < -0.4 is 5.32 Å². The van der Waals surface area contributed by atoms with Gasteiger partial charge in [0, 0.05) is 18.3 Å². The molecule has 0 saturated heterocycles. The maximum Gasteiger partial charge on any atom is 0.124 e. The van der Waals surface area contributed by atoms with Crippen molar-refractivity contribution in [2.24, 2.45) is 0 Å². The molecule has 0 spiro atoms. The Balaban J connectivity index is 2.28. The van der Waals surface area contributed by atoms with Crippen molar-refractivity contribution >= 4 is 0 Å². The van der Waals surface area contributed by atoms with Crippen molar-refractivity contribution in [1.82, 2.24) is 10.3 Å². The molecule has 0 amide bonds. The van der Waals surface area contributed by atoms with Crippen molar-refractivity contribution < 1.29 is 4.42 Å². The second-order valence-electron chi connectivity index (χ2n) is 4.30. The minimum absolute atomic E-state index is 0.187. The van der Waals surface area contributed by atoms with Crippen LogP contribution in [0.25, 0.3) is 0 Å². The molecule has 0 fully saturated rings.